The third kappa shape index (κ3) is 3.43. The summed E-state index contributed by atoms with van der Waals surface area (Å²) in [6.07, 6.45) is -0.0556. The quantitative estimate of drug-likeness (QED) is 0.482. The molecule has 6 heavy (non-hydrogen) atoms. The molecule has 0 unspecified atom stereocenters. The van der Waals surface area contributed by atoms with Crippen LogP contribution in [0.2, 0.25) is 0 Å². The van der Waals surface area contributed by atoms with Gasteiger partial charge < -0.3 is 10.8 Å². The van der Waals surface area contributed by atoms with Crippen molar-refractivity contribution >= 4 is 5.97 Å². The minimum absolute atomic E-state index is 0.0556. The van der Waals surface area contributed by atoms with Crippen LogP contribution in [0.5, 0.6) is 0 Å². The highest BCUT2D eigenvalue weighted by Crippen LogP contribution is 1.73. The second kappa shape index (κ2) is 2.66. The van der Waals surface area contributed by atoms with E-state index in [1.54, 1.807) is 0 Å². The van der Waals surface area contributed by atoms with Crippen molar-refractivity contribution in [2.45, 2.75) is 6.42 Å². The van der Waals surface area contributed by atoms with E-state index >= 15 is 0 Å². The number of nitrogens with two attached hydrogens (primary N) is 1. The first-order valence-corrected chi connectivity index (χ1v) is 1.52. The fourth-order valence-electron chi connectivity index (χ4n) is 0.101. The van der Waals surface area contributed by atoms with E-state index in [-0.39, 0.29) is 6.42 Å². The average Bonchev–Trinajstić information content (AvgIpc) is 1.35. The molecule has 0 amide bonds. The van der Waals surface area contributed by atoms with Gasteiger partial charge in [0.1, 0.15) is 0 Å². The fraction of sp³-hybridized carbons (Fsp3) is 0.333. The zero-order valence-electron chi connectivity index (χ0n) is 3.22. The number of rotatable bonds is 2. The van der Waals surface area contributed by atoms with Crippen molar-refractivity contribution < 1.29 is 9.90 Å². The minimum Gasteiger partial charge on any atom is -0.481 e. The predicted octanol–water partition coefficient (Wildman–Crippen LogP) is -0.418. The lowest BCUT2D eigenvalue weighted by molar-refractivity contribution is -0.136. The Morgan fingerprint density at radius 3 is 2.50 bits per heavy atom. The lowest BCUT2D eigenvalue weighted by Crippen LogP contribution is -1.99. The maximum atomic E-state index is 9.49. The van der Waals surface area contributed by atoms with Crippen LogP contribution in [0.1, 0.15) is 6.42 Å². The van der Waals surface area contributed by atoms with E-state index in [1.165, 1.54) is 0 Å². The molecule has 0 saturated carbocycles. The number of carboxylic acids is 1. The molecule has 0 fully saturated rings. The lowest BCUT2D eigenvalue weighted by Gasteiger charge is -1.79. The van der Waals surface area contributed by atoms with Gasteiger partial charge in [-0.3, -0.25) is 4.79 Å². The van der Waals surface area contributed by atoms with E-state index in [1.807, 2.05) is 0 Å². The first-order chi connectivity index (χ1) is 2.77. The molecular weight excluding hydrogens is 82.0 g/mol. The van der Waals surface area contributed by atoms with Crippen LogP contribution < -0.4 is 5.73 Å². The van der Waals surface area contributed by atoms with Gasteiger partial charge in [0.15, 0.2) is 0 Å². The first kappa shape index (κ1) is 5.43. The topological polar surface area (TPSA) is 63.3 Å². The lowest BCUT2D eigenvalue weighted by atomic mass is 10.5. The molecule has 0 aromatic rings. The van der Waals surface area contributed by atoms with Gasteiger partial charge in [-0.1, -0.05) is 0 Å². The van der Waals surface area contributed by atoms with Gasteiger partial charge in [0.25, 0.3) is 0 Å². The van der Waals surface area contributed by atoms with Crippen LogP contribution in [-0.4, -0.2) is 11.1 Å². The Labute approximate surface area is 35.8 Å². The molecule has 0 saturated heterocycles. The Morgan fingerprint density at radius 2 is 2.50 bits per heavy atom. The van der Waals surface area contributed by atoms with Crippen LogP contribution in [0, 0.1) is 6.54 Å². The molecular formula is C3H6NO2. The maximum absolute atomic E-state index is 9.49. The maximum Gasteiger partial charge on any atom is 0.304 e. The Balaban J connectivity index is 2.83. The number of aliphatic carboxylic acids is 1. The third-order valence-corrected chi connectivity index (χ3v) is 0.292. The molecule has 0 atom stereocenters. The van der Waals surface area contributed by atoms with Crippen molar-refractivity contribution in [1.82, 2.24) is 0 Å². The first-order valence-electron chi connectivity index (χ1n) is 1.52. The van der Waals surface area contributed by atoms with Gasteiger partial charge in [-0.15, -0.1) is 0 Å². The number of hydrogen-bond donors (Lipinski definition) is 2. The zero-order chi connectivity index (χ0) is 4.99. The van der Waals surface area contributed by atoms with Crippen molar-refractivity contribution in [1.29, 1.82) is 0 Å². The SMILES string of the molecule is N[CH]CC(=O)O. The molecule has 1 radical (unpaired) electrons. The Bertz CT molecular complexity index is 52.8. The third-order valence-electron chi connectivity index (χ3n) is 0.292. The molecule has 0 aliphatic rings. The second-order valence-corrected chi connectivity index (χ2v) is 0.834. The highest BCUT2D eigenvalue weighted by atomic mass is 16.4. The standard InChI is InChI=1S/C3H6NO2/c4-2-1-3(5)6/h2H,1,4H2,(H,5,6). The van der Waals surface area contributed by atoms with Gasteiger partial charge in [0.05, 0.1) is 6.42 Å². The van der Waals surface area contributed by atoms with Gasteiger partial charge in [-0.25, -0.2) is 0 Å². The van der Waals surface area contributed by atoms with Crippen molar-refractivity contribution in [3.05, 3.63) is 6.54 Å². The minimum atomic E-state index is -0.891. The zero-order valence-corrected chi connectivity index (χ0v) is 3.22. The molecule has 3 N–H and O–H groups in total. The van der Waals surface area contributed by atoms with Crippen molar-refractivity contribution in [3.8, 4) is 0 Å². The molecule has 3 nitrogen and oxygen atoms in total. The highest BCUT2D eigenvalue weighted by Gasteiger charge is 1.88. The largest absolute Gasteiger partial charge is 0.481 e. The summed E-state index contributed by atoms with van der Waals surface area (Å²) in [6.45, 7) is 1.10. The summed E-state index contributed by atoms with van der Waals surface area (Å²) < 4.78 is 0. The van der Waals surface area contributed by atoms with Crippen LogP contribution in [0.25, 0.3) is 0 Å². The molecule has 0 spiro atoms. The van der Waals surface area contributed by atoms with Crippen LogP contribution >= 0.6 is 0 Å². The molecule has 0 aromatic heterocycles. The van der Waals surface area contributed by atoms with E-state index in [2.05, 4.69) is 0 Å². The van der Waals surface area contributed by atoms with Gasteiger partial charge >= 0.3 is 5.97 Å². The van der Waals surface area contributed by atoms with Gasteiger partial charge in [0.2, 0.25) is 0 Å². The Morgan fingerprint density at radius 1 is 2.00 bits per heavy atom. The summed E-state index contributed by atoms with van der Waals surface area (Å²) in [5.41, 5.74) is 4.72. The van der Waals surface area contributed by atoms with Crippen molar-refractivity contribution in [2.75, 3.05) is 0 Å². The molecule has 0 aliphatic heterocycles. The average molecular weight is 88.1 g/mol. The number of hydrogen-bond acceptors (Lipinski definition) is 2. The summed E-state index contributed by atoms with van der Waals surface area (Å²) >= 11 is 0. The number of carbonyl (C=O) groups is 1. The number of carboxylic acid groups (broad SMARTS) is 1. The second-order valence-electron chi connectivity index (χ2n) is 0.834. The van der Waals surface area contributed by atoms with Crippen molar-refractivity contribution in [3.63, 3.8) is 0 Å². The molecule has 0 aliphatic carbocycles. The predicted molar refractivity (Wildman–Crippen MR) is 20.7 cm³/mol. The highest BCUT2D eigenvalue weighted by molar-refractivity contribution is 5.67. The van der Waals surface area contributed by atoms with E-state index in [0.29, 0.717) is 0 Å². The van der Waals surface area contributed by atoms with E-state index in [0.717, 1.165) is 6.54 Å². The monoisotopic (exact) mass is 88.0 g/mol. The van der Waals surface area contributed by atoms with E-state index in [4.69, 9.17) is 10.8 Å². The van der Waals surface area contributed by atoms with Crippen LogP contribution in [0.3, 0.4) is 0 Å². The van der Waals surface area contributed by atoms with E-state index in [9.17, 15) is 4.79 Å². The Hall–Kier alpha value is -0.570. The molecule has 35 valence electrons. The van der Waals surface area contributed by atoms with Crippen LogP contribution in [-0.2, 0) is 4.79 Å². The van der Waals surface area contributed by atoms with Crippen LogP contribution in [0.15, 0.2) is 0 Å². The normalized spacial score (nSPS) is 8.17. The van der Waals surface area contributed by atoms with Crippen LogP contribution in [0.4, 0.5) is 0 Å². The molecule has 0 aromatic carbocycles. The summed E-state index contributed by atoms with van der Waals surface area (Å²) in [7, 11) is 0. The molecule has 0 bridgehead atoms. The van der Waals surface area contributed by atoms with Gasteiger partial charge in [-0.2, -0.15) is 0 Å². The summed E-state index contributed by atoms with van der Waals surface area (Å²) in [5, 5.41) is 7.80. The summed E-state index contributed by atoms with van der Waals surface area (Å²) in [5.74, 6) is -0.891. The van der Waals surface area contributed by atoms with Crippen molar-refractivity contribution in [2.24, 2.45) is 5.73 Å². The summed E-state index contributed by atoms with van der Waals surface area (Å²) in [4.78, 5) is 9.49. The van der Waals surface area contributed by atoms with Gasteiger partial charge in [0, 0.05) is 6.54 Å². The molecule has 0 rings (SSSR count). The molecule has 0 heterocycles. The smallest absolute Gasteiger partial charge is 0.304 e. The Kier molecular flexibility index (Phi) is 2.40. The fourth-order valence-corrected chi connectivity index (χ4v) is 0.101. The van der Waals surface area contributed by atoms with Gasteiger partial charge in [-0.05, 0) is 0 Å². The van der Waals surface area contributed by atoms with E-state index < -0.39 is 5.97 Å². The summed E-state index contributed by atoms with van der Waals surface area (Å²) in [6, 6.07) is 0. The molecule has 3 heteroatoms.